The Bertz CT molecular complexity index is 584. The van der Waals surface area contributed by atoms with E-state index in [0.29, 0.717) is 18.0 Å². The zero-order valence-electron chi connectivity index (χ0n) is 11.9. The first kappa shape index (κ1) is 15.2. The molecule has 21 heavy (non-hydrogen) atoms. The van der Waals surface area contributed by atoms with E-state index in [-0.39, 0.29) is 5.75 Å². The molecule has 0 saturated heterocycles. The van der Waals surface area contributed by atoms with Crippen LogP contribution in [0.4, 0.5) is 14.5 Å². The molecule has 0 aliphatic rings. The SMILES string of the molecule is CCc1ccc(CNc2cc(OC)ccc2OC(F)F)o1. The molecule has 0 aliphatic carbocycles. The summed E-state index contributed by atoms with van der Waals surface area (Å²) in [5, 5.41) is 3.01. The Morgan fingerprint density at radius 1 is 1.19 bits per heavy atom. The summed E-state index contributed by atoms with van der Waals surface area (Å²) >= 11 is 0. The second-order valence-corrected chi connectivity index (χ2v) is 4.32. The van der Waals surface area contributed by atoms with Crippen LogP contribution in [0.3, 0.4) is 0 Å². The molecule has 0 fully saturated rings. The van der Waals surface area contributed by atoms with Gasteiger partial charge < -0.3 is 19.2 Å². The number of hydrogen-bond donors (Lipinski definition) is 1. The summed E-state index contributed by atoms with van der Waals surface area (Å²) in [5.74, 6) is 2.21. The van der Waals surface area contributed by atoms with Crippen LogP contribution in [0.25, 0.3) is 0 Å². The van der Waals surface area contributed by atoms with Gasteiger partial charge >= 0.3 is 6.61 Å². The van der Waals surface area contributed by atoms with Gasteiger partial charge in [-0.05, 0) is 24.3 Å². The van der Waals surface area contributed by atoms with Crippen LogP contribution in [0.15, 0.2) is 34.7 Å². The number of hydrogen-bond acceptors (Lipinski definition) is 4. The van der Waals surface area contributed by atoms with Gasteiger partial charge in [0, 0.05) is 12.5 Å². The van der Waals surface area contributed by atoms with E-state index in [1.807, 2.05) is 19.1 Å². The largest absolute Gasteiger partial charge is 0.497 e. The molecule has 0 spiro atoms. The van der Waals surface area contributed by atoms with Crippen LogP contribution in [0.5, 0.6) is 11.5 Å². The Hall–Kier alpha value is -2.24. The maximum absolute atomic E-state index is 12.4. The highest BCUT2D eigenvalue weighted by Gasteiger charge is 2.11. The van der Waals surface area contributed by atoms with E-state index in [4.69, 9.17) is 9.15 Å². The number of benzene rings is 1. The number of methoxy groups -OCH3 is 1. The summed E-state index contributed by atoms with van der Waals surface area (Å²) in [6.07, 6.45) is 0.804. The van der Waals surface area contributed by atoms with Crippen molar-refractivity contribution in [3.8, 4) is 11.5 Å². The molecule has 0 radical (unpaired) electrons. The van der Waals surface area contributed by atoms with Crippen molar-refractivity contribution in [3.63, 3.8) is 0 Å². The molecular formula is C15H17F2NO3. The lowest BCUT2D eigenvalue weighted by molar-refractivity contribution is -0.0494. The van der Waals surface area contributed by atoms with Gasteiger partial charge in [-0.3, -0.25) is 0 Å². The molecule has 1 heterocycles. The van der Waals surface area contributed by atoms with E-state index in [1.54, 1.807) is 12.1 Å². The topological polar surface area (TPSA) is 43.6 Å². The van der Waals surface area contributed by atoms with Gasteiger partial charge in [-0.2, -0.15) is 8.78 Å². The molecule has 2 aromatic rings. The number of halogens is 2. The number of furan rings is 1. The number of anilines is 1. The van der Waals surface area contributed by atoms with Gasteiger partial charge in [-0.25, -0.2) is 0 Å². The molecule has 0 bridgehead atoms. The first-order valence-corrected chi connectivity index (χ1v) is 6.56. The molecule has 114 valence electrons. The number of nitrogens with one attached hydrogen (secondary N) is 1. The normalized spacial score (nSPS) is 10.7. The van der Waals surface area contributed by atoms with E-state index >= 15 is 0 Å². The first-order valence-electron chi connectivity index (χ1n) is 6.56. The van der Waals surface area contributed by atoms with E-state index < -0.39 is 6.61 Å². The molecule has 0 aliphatic heterocycles. The van der Waals surface area contributed by atoms with Crippen molar-refractivity contribution in [2.24, 2.45) is 0 Å². The molecular weight excluding hydrogens is 280 g/mol. The number of ether oxygens (including phenoxy) is 2. The van der Waals surface area contributed by atoms with Crippen molar-refractivity contribution < 1.29 is 22.7 Å². The summed E-state index contributed by atoms with van der Waals surface area (Å²) in [6.45, 7) is -0.520. The Morgan fingerprint density at radius 2 is 1.95 bits per heavy atom. The summed E-state index contributed by atoms with van der Waals surface area (Å²) in [7, 11) is 1.51. The summed E-state index contributed by atoms with van der Waals surface area (Å²) in [5.41, 5.74) is 0.420. The molecule has 0 atom stereocenters. The molecule has 2 rings (SSSR count). The smallest absolute Gasteiger partial charge is 0.387 e. The van der Waals surface area contributed by atoms with Crippen molar-refractivity contribution in [2.75, 3.05) is 12.4 Å². The van der Waals surface area contributed by atoms with Gasteiger partial charge in [0.2, 0.25) is 0 Å². The van der Waals surface area contributed by atoms with Crippen LogP contribution in [0.1, 0.15) is 18.4 Å². The third-order valence-electron chi connectivity index (χ3n) is 2.92. The van der Waals surface area contributed by atoms with Crippen molar-refractivity contribution in [1.29, 1.82) is 0 Å². The predicted molar refractivity (Wildman–Crippen MR) is 75.0 cm³/mol. The van der Waals surface area contributed by atoms with Gasteiger partial charge in [-0.15, -0.1) is 0 Å². The van der Waals surface area contributed by atoms with Crippen LogP contribution in [0.2, 0.25) is 0 Å². The second-order valence-electron chi connectivity index (χ2n) is 4.32. The Morgan fingerprint density at radius 3 is 2.57 bits per heavy atom. The highest BCUT2D eigenvalue weighted by atomic mass is 19.3. The Balaban J connectivity index is 2.12. The second kappa shape index (κ2) is 6.97. The maximum atomic E-state index is 12.4. The minimum absolute atomic E-state index is 0.0630. The molecule has 0 saturated carbocycles. The quantitative estimate of drug-likeness (QED) is 0.837. The van der Waals surface area contributed by atoms with Gasteiger partial charge in [0.25, 0.3) is 0 Å². The van der Waals surface area contributed by atoms with Gasteiger partial charge in [-0.1, -0.05) is 6.92 Å². The third kappa shape index (κ3) is 4.11. The van der Waals surface area contributed by atoms with Crippen molar-refractivity contribution in [1.82, 2.24) is 0 Å². The van der Waals surface area contributed by atoms with E-state index in [1.165, 1.54) is 13.2 Å². The van der Waals surface area contributed by atoms with Crippen LogP contribution in [-0.2, 0) is 13.0 Å². The van der Waals surface area contributed by atoms with Gasteiger partial charge in [0.15, 0.2) is 0 Å². The lowest BCUT2D eigenvalue weighted by Crippen LogP contribution is -2.06. The predicted octanol–water partition coefficient (Wildman–Crippen LogP) is 4.06. The lowest BCUT2D eigenvalue weighted by Gasteiger charge is -2.13. The third-order valence-corrected chi connectivity index (χ3v) is 2.92. The maximum Gasteiger partial charge on any atom is 0.387 e. The summed E-state index contributed by atoms with van der Waals surface area (Å²) < 4.78 is 39.9. The van der Waals surface area contributed by atoms with E-state index in [2.05, 4.69) is 10.1 Å². The summed E-state index contributed by atoms with van der Waals surface area (Å²) in [4.78, 5) is 0. The average molecular weight is 297 g/mol. The molecule has 6 heteroatoms. The standard InChI is InChI=1S/C15H17F2NO3/c1-3-10-4-5-12(20-10)9-18-13-8-11(19-2)6-7-14(13)21-15(16)17/h4-8,15,18H,3,9H2,1-2H3. The molecule has 4 nitrogen and oxygen atoms in total. The van der Waals surface area contributed by atoms with Gasteiger partial charge in [0.05, 0.1) is 19.3 Å². The molecule has 1 N–H and O–H groups in total. The van der Waals surface area contributed by atoms with Crippen LogP contribution >= 0.6 is 0 Å². The minimum atomic E-state index is -2.88. The fourth-order valence-corrected chi connectivity index (χ4v) is 1.86. The van der Waals surface area contributed by atoms with Crippen molar-refractivity contribution in [3.05, 3.63) is 41.9 Å². The fourth-order valence-electron chi connectivity index (χ4n) is 1.86. The van der Waals surface area contributed by atoms with E-state index in [9.17, 15) is 8.78 Å². The van der Waals surface area contributed by atoms with Crippen LogP contribution in [0, 0.1) is 0 Å². The molecule has 1 aromatic heterocycles. The fraction of sp³-hybridized carbons (Fsp3) is 0.333. The van der Waals surface area contributed by atoms with Crippen molar-refractivity contribution in [2.45, 2.75) is 26.5 Å². The zero-order chi connectivity index (χ0) is 15.2. The molecule has 1 aromatic carbocycles. The van der Waals surface area contributed by atoms with Crippen LogP contribution in [-0.4, -0.2) is 13.7 Å². The number of alkyl halides is 2. The molecule has 0 unspecified atom stereocenters. The van der Waals surface area contributed by atoms with Crippen molar-refractivity contribution >= 4 is 5.69 Å². The average Bonchev–Trinajstić information content (AvgIpc) is 2.93. The van der Waals surface area contributed by atoms with E-state index in [0.717, 1.165) is 17.9 Å². The first-order chi connectivity index (χ1) is 10.1. The lowest BCUT2D eigenvalue weighted by atomic mass is 10.2. The zero-order valence-corrected chi connectivity index (χ0v) is 11.9. The highest BCUT2D eigenvalue weighted by Crippen LogP contribution is 2.31. The Kier molecular flexibility index (Phi) is 5.03. The van der Waals surface area contributed by atoms with Crippen LogP contribution < -0.4 is 14.8 Å². The number of aryl methyl sites for hydroxylation is 1. The minimum Gasteiger partial charge on any atom is -0.497 e. The monoisotopic (exact) mass is 297 g/mol. The molecule has 0 amide bonds. The number of rotatable bonds is 7. The summed E-state index contributed by atoms with van der Waals surface area (Å²) in [6, 6.07) is 8.33. The highest BCUT2D eigenvalue weighted by molar-refractivity contribution is 5.59. The van der Waals surface area contributed by atoms with Gasteiger partial charge in [0.1, 0.15) is 23.0 Å². The Labute approximate surface area is 121 Å².